The highest BCUT2D eigenvalue weighted by Gasteiger charge is 2.26. The Morgan fingerprint density at radius 2 is 2.27 bits per heavy atom. The van der Waals surface area contributed by atoms with E-state index in [9.17, 15) is 8.94 Å². The minimum absolute atomic E-state index is 0.219. The summed E-state index contributed by atoms with van der Waals surface area (Å²) in [5.41, 5.74) is 0.219. The molecule has 82 valence electrons. The number of pyridine rings is 1. The highest BCUT2D eigenvalue weighted by atomic mass is 32.2. The number of aromatic nitrogens is 1. The Hall–Kier alpha value is -0.910. The van der Waals surface area contributed by atoms with Crippen LogP contribution in [0.3, 0.4) is 0 Å². The molecule has 1 aromatic heterocycles. The Labute approximate surface area is 91.5 Å². The third kappa shape index (κ3) is 3.30. The first-order valence-corrected chi connectivity index (χ1v) is 5.61. The first kappa shape index (κ1) is 12.2. The van der Waals surface area contributed by atoms with Crippen molar-refractivity contribution in [2.45, 2.75) is 18.6 Å². The van der Waals surface area contributed by atoms with Crippen LogP contribution in [-0.4, -0.2) is 14.3 Å². The van der Waals surface area contributed by atoms with E-state index in [-0.39, 0.29) is 5.69 Å². The van der Waals surface area contributed by atoms with E-state index in [1.54, 1.807) is 19.9 Å². The van der Waals surface area contributed by atoms with Crippen molar-refractivity contribution in [3.8, 4) is 0 Å². The lowest BCUT2D eigenvalue weighted by Crippen LogP contribution is -2.35. The van der Waals surface area contributed by atoms with E-state index in [1.807, 2.05) is 0 Å². The van der Waals surface area contributed by atoms with E-state index in [0.29, 0.717) is 0 Å². The lowest BCUT2D eigenvalue weighted by atomic mass is 10.1. The summed E-state index contributed by atoms with van der Waals surface area (Å²) in [7, 11) is 0. The lowest BCUT2D eigenvalue weighted by molar-refractivity contribution is 0.573. The van der Waals surface area contributed by atoms with E-state index in [0.717, 1.165) is 0 Å². The molecule has 1 unspecified atom stereocenters. The van der Waals surface area contributed by atoms with Gasteiger partial charge in [-0.1, -0.05) is 0 Å². The summed E-state index contributed by atoms with van der Waals surface area (Å²) in [4.78, 5) is 3.84. The highest BCUT2D eigenvalue weighted by molar-refractivity contribution is 7.90. The average Bonchev–Trinajstić information content (AvgIpc) is 2.16. The van der Waals surface area contributed by atoms with Gasteiger partial charge in [-0.05, 0) is 38.1 Å². The third-order valence-electron chi connectivity index (χ3n) is 1.95. The minimum Gasteiger partial charge on any atom is -0.598 e. The van der Waals surface area contributed by atoms with Crippen LogP contribution in [0.1, 0.15) is 19.5 Å². The van der Waals surface area contributed by atoms with Gasteiger partial charge in [0.15, 0.2) is 4.75 Å². The Morgan fingerprint density at radius 1 is 1.60 bits per heavy atom. The summed E-state index contributed by atoms with van der Waals surface area (Å²) < 4.78 is 23.5. The molecule has 0 aliphatic heterocycles. The summed E-state index contributed by atoms with van der Waals surface area (Å²) in [6.07, 6.45) is 4.57. The van der Waals surface area contributed by atoms with Gasteiger partial charge in [0.1, 0.15) is 5.82 Å². The van der Waals surface area contributed by atoms with E-state index < -0.39 is 21.9 Å². The lowest BCUT2D eigenvalue weighted by Gasteiger charge is -2.19. The van der Waals surface area contributed by atoms with Gasteiger partial charge in [-0.25, -0.2) is 4.39 Å². The third-order valence-corrected chi connectivity index (χ3v) is 3.12. The summed E-state index contributed by atoms with van der Waals surface area (Å²) >= 11 is -1.49. The summed E-state index contributed by atoms with van der Waals surface area (Å²) in [5.74, 6) is -0.410. The largest absolute Gasteiger partial charge is 0.598 e. The predicted molar refractivity (Wildman–Crippen MR) is 59.6 cm³/mol. The quantitative estimate of drug-likeness (QED) is 0.800. The number of hydrogen-bond donors (Lipinski definition) is 1. The van der Waals surface area contributed by atoms with Crippen LogP contribution in [0.5, 0.6) is 0 Å². The van der Waals surface area contributed by atoms with E-state index in [4.69, 9.17) is 5.14 Å². The van der Waals surface area contributed by atoms with Crippen molar-refractivity contribution in [2.24, 2.45) is 5.14 Å². The Kier molecular flexibility index (Phi) is 3.84. The molecular weight excluding hydrogens is 215 g/mol. The van der Waals surface area contributed by atoms with Crippen molar-refractivity contribution in [3.05, 3.63) is 35.9 Å². The zero-order chi connectivity index (χ0) is 11.5. The Bertz CT molecular complexity index is 366. The maximum Gasteiger partial charge on any atom is 0.157 e. The van der Waals surface area contributed by atoms with Crippen molar-refractivity contribution >= 4 is 17.4 Å². The standard InChI is InChI=1S/C10H13FN2OS/c1-10(2,15(12)14)6-5-9-8(11)4-3-7-13-9/h3-7H,12H2,1-2H3. The maximum absolute atomic E-state index is 13.1. The number of hydrogen-bond acceptors (Lipinski definition) is 3. The molecule has 0 aromatic carbocycles. The molecule has 0 spiro atoms. The zero-order valence-corrected chi connectivity index (χ0v) is 9.42. The molecular formula is C10H13FN2OS. The summed E-state index contributed by atoms with van der Waals surface area (Å²) in [6.45, 7) is 3.42. The molecule has 0 aliphatic rings. The molecule has 1 aromatic rings. The van der Waals surface area contributed by atoms with Gasteiger partial charge in [-0.15, -0.1) is 0 Å². The number of nitrogens with zero attached hydrogens (tertiary/aromatic N) is 1. The van der Waals surface area contributed by atoms with Crippen LogP contribution in [0.4, 0.5) is 4.39 Å². The van der Waals surface area contributed by atoms with Gasteiger partial charge in [0.2, 0.25) is 0 Å². The molecule has 5 heteroatoms. The number of halogens is 1. The maximum atomic E-state index is 13.1. The molecule has 1 heterocycles. The van der Waals surface area contributed by atoms with Gasteiger partial charge in [0.05, 0.1) is 5.69 Å². The average molecular weight is 228 g/mol. The number of rotatable bonds is 3. The van der Waals surface area contributed by atoms with Crippen LogP contribution >= 0.6 is 0 Å². The molecule has 0 fully saturated rings. The molecule has 3 nitrogen and oxygen atoms in total. The number of nitrogens with two attached hydrogens (primary N) is 1. The van der Waals surface area contributed by atoms with Crippen molar-refractivity contribution in [2.75, 3.05) is 0 Å². The van der Waals surface area contributed by atoms with Gasteiger partial charge in [0.25, 0.3) is 0 Å². The van der Waals surface area contributed by atoms with E-state index in [2.05, 4.69) is 4.98 Å². The van der Waals surface area contributed by atoms with Crippen LogP contribution in [-0.2, 0) is 11.4 Å². The molecule has 0 saturated carbocycles. The molecule has 0 aliphatic carbocycles. The smallest absolute Gasteiger partial charge is 0.157 e. The SMILES string of the molecule is CC(C)(C=Cc1ncccc1F)[S+](N)[O-]. The van der Waals surface area contributed by atoms with Gasteiger partial charge in [-0.2, -0.15) is 5.14 Å². The molecule has 1 rings (SSSR count). The van der Waals surface area contributed by atoms with Gasteiger partial charge in [-0.3, -0.25) is 4.98 Å². The molecule has 2 N–H and O–H groups in total. The van der Waals surface area contributed by atoms with Crippen LogP contribution in [0, 0.1) is 5.82 Å². The van der Waals surface area contributed by atoms with Crippen molar-refractivity contribution in [1.29, 1.82) is 0 Å². The second-order valence-electron chi connectivity index (χ2n) is 3.60. The molecule has 0 amide bonds. The van der Waals surface area contributed by atoms with Gasteiger partial charge < -0.3 is 4.55 Å². The first-order chi connectivity index (χ1) is 6.93. The molecule has 0 radical (unpaired) electrons. The van der Waals surface area contributed by atoms with Gasteiger partial charge >= 0.3 is 0 Å². The van der Waals surface area contributed by atoms with Crippen molar-refractivity contribution in [1.82, 2.24) is 4.98 Å². The molecule has 15 heavy (non-hydrogen) atoms. The van der Waals surface area contributed by atoms with Crippen molar-refractivity contribution in [3.63, 3.8) is 0 Å². The zero-order valence-electron chi connectivity index (χ0n) is 8.61. The van der Waals surface area contributed by atoms with E-state index >= 15 is 0 Å². The normalized spacial score (nSPS) is 14.5. The highest BCUT2D eigenvalue weighted by Crippen LogP contribution is 2.16. The molecule has 0 bridgehead atoms. The topological polar surface area (TPSA) is 62.0 Å². The van der Waals surface area contributed by atoms with Crippen molar-refractivity contribution < 1.29 is 8.94 Å². The first-order valence-electron chi connectivity index (χ1n) is 4.39. The second kappa shape index (κ2) is 4.74. The molecule has 1 atom stereocenters. The van der Waals surface area contributed by atoms with Crippen LogP contribution < -0.4 is 5.14 Å². The fraction of sp³-hybridized carbons (Fsp3) is 0.300. The fourth-order valence-electron chi connectivity index (χ4n) is 0.867. The van der Waals surface area contributed by atoms with Crippen LogP contribution in [0.25, 0.3) is 6.08 Å². The summed E-state index contributed by atoms with van der Waals surface area (Å²) in [6, 6.07) is 2.83. The predicted octanol–water partition coefficient (Wildman–Crippen LogP) is 1.63. The van der Waals surface area contributed by atoms with E-state index in [1.165, 1.54) is 24.4 Å². The minimum atomic E-state index is -1.49. The van der Waals surface area contributed by atoms with Crippen LogP contribution in [0.15, 0.2) is 24.4 Å². The monoisotopic (exact) mass is 228 g/mol. The molecule has 0 saturated heterocycles. The Morgan fingerprint density at radius 3 is 2.80 bits per heavy atom. The van der Waals surface area contributed by atoms with Crippen LogP contribution in [0.2, 0.25) is 0 Å². The Balaban J connectivity index is 2.87. The summed E-state index contributed by atoms with van der Waals surface area (Å²) in [5, 5.41) is 5.28. The van der Waals surface area contributed by atoms with Gasteiger partial charge in [0, 0.05) is 17.6 Å². The second-order valence-corrected chi connectivity index (χ2v) is 5.25. The fourth-order valence-corrected chi connectivity index (χ4v) is 1.07.